The summed E-state index contributed by atoms with van der Waals surface area (Å²) in [6.07, 6.45) is 0.0775. The fourth-order valence-corrected chi connectivity index (χ4v) is 4.97. The zero-order valence-electron chi connectivity index (χ0n) is 16.4. The molecule has 1 N–H and O–H groups in total. The van der Waals surface area contributed by atoms with Crippen LogP contribution in [0.1, 0.15) is 17.7 Å². The van der Waals surface area contributed by atoms with Crippen LogP contribution in [-0.4, -0.2) is 23.3 Å². The average Bonchev–Trinajstić information content (AvgIpc) is 3.36. The molecule has 0 spiro atoms. The second-order valence-corrected chi connectivity index (χ2v) is 8.98. The molecule has 1 fully saturated rings. The highest BCUT2D eigenvalue weighted by Gasteiger charge is 2.35. The molecule has 5 nitrogen and oxygen atoms in total. The summed E-state index contributed by atoms with van der Waals surface area (Å²) >= 11 is 2.98. The lowest BCUT2D eigenvalue weighted by Crippen LogP contribution is -2.28. The number of halogens is 2. The lowest BCUT2D eigenvalue weighted by molar-refractivity contribution is -0.122. The van der Waals surface area contributed by atoms with Crippen LogP contribution in [0.5, 0.6) is 0 Å². The number of thiazole rings is 1. The van der Waals surface area contributed by atoms with E-state index >= 15 is 0 Å². The van der Waals surface area contributed by atoms with Gasteiger partial charge in [0.1, 0.15) is 11.6 Å². The Morgan fingerprint density at radius 3 is 2.74 bits per heavy atom. The molecule has 160 valence electrons. The smallest absolute Gasteiger partial charge is 0.231 e. The summed E-state index contributed by atoms with van der Waals surface area (Å²) in [5.41, 5.74) is 2.33. The van der Waals surface area contributed by atoms with Crippen molar-refractivity contribution >= 4 is 45.7 Å². The number of hydrogen-bond donors (Lipinski definition) is 1. The number of nitrogens with zero attached hydrogens (tertiary/aromatic N) is 2. The van der Waals surface area contributed by atoms with Crippen molar-refractivity contribution in [3.05, 3.63) is 76.8 Å². The third-order valence-corrected chi connectivity index (χ3v) is 6.67. The van der Waals surface area contributed by atoms with E-state index in [9.17, 15) is 18.4 Å². The highest BCUT2D eigenvalue weighted by molar-refractivity contribution is 7.97. The van der Waals surface area contributed by atoms with Crippen LogP contribution in [0, 0.1) is 17.6 Å². The van der Waals surface area contributed by atoms with Crippen molar-refractivity contribution < 1.29 is 18.4 Å². The molecule has 2 aromatic carbocycles. The number of hydrogen-bond acceptors (Lipinski definition) is 5. The second-order valence-electron chi connectivity index (χ2n) is 7.14. The molecule has 31 heavy (non-hydrogen) atoms. The molecule has 0 bridgehead atoms. The van der Waals surface area contributed by atoms with Crippen molar-refractivity contribution in [2.45, 2.75) is 17.9 Å². The van der Waals surface area contributed by atoms with Gasteiger partial charge in [0.15, 0.2) is 5.13 Å². The van der Waals surface area contributed by atoms with E-state index in [-0.39, 0.29) is 30.6 Å². The lowest BCUT2D eigenvalue weighted by atomic mass is 10.1. The molecule has 0 saturated carbocycles. The summed E-state index contributed by atoms with van der Waals surface area (Å²) < 4.78 is 26.4. The van der Waals surface area contributed by atoms with Crippen LogP contribution in [0.2, 0.25) is 0 Å². The molecule has 3 aromatic rings. The molecule has 1 unspecified atom stereocenters. The van der Waals surface area contributed by atoms with Gasteiger partial charge in [0.05, 0.1) is 11.6 Å². The summed E-state index contributed by atoms with van der Waals surface area (Å²) in [5.74, 6) is -0.271. The van der Waals surface area contributed by atoms with E-state index in [1.165, 1.54) is 46.6 Å². The van der Waals surface area contributed by atoms with Crippen LogP contribution in [0.15, 0.2) is 53.9 Å². The summed E-state index contributed by atoms with van der Waals surface area (Å²) in [6, 6.07) is 12.2. The largest absolute Gasteiger partial charge is 0.311 e. The minimum Gasteiger partial charge on any atom is -0.311 e. The minimum atomic E-state index is -0.518. The molecule has 4 rings (SSSR count). The van der Waals surface area contributed by atoms with Gasteiger partial charge in [0, 0.05) is 35.5 Å². The Labute approximate surface area is 186 Å². The van der Waals surface area contributed by atoms with Crippen LogP contribution < -0.4 is 10.2 Å². The van der Waals surface area contributed by atoms with E-state index in [0.29, 0.717) is 16.6 Å². The molecule has 0 radical (unpaired) electrons. The van der Waals surface area contributed by atoms with Crippen LogP contribution in [0.4, 0.5) is 19.6 Å². The number of aromatic nitrogens is 1. The molecule has 2 heterocycles. The first-order valence-electron chi connectivity index (χ1n) is 9.61. The van der Waals surface area contributed by atoms with Gasteiger partial charge in [-0.05, 0) is 35.9 Å². The van der Waals surface area contributed by atoms with E-state index in [1.807, 2.05) is 5.38 Å². The van der Waals surface area contributed by atoms with E-state index in [1.54, 1.807) is 30.0 Å². The van der Waals surface area contributed by atoms with Gasteiger partial charge in [-0.15, -0.1) is 11.3 Å². The monoisotopic (exact) mass is 459 g/mol. The maximum Gasteiger partial charge on any atom is 0.231 e. The fraction of sp³-hybridized carbons (Fsp3) is 0.227. The molecular weight excluding hydrogens is 440 g/mol. The molecular formula is C22H19F2N3O2S2. The molecule has 1 aliphatic heterocycles. The summed E-state index contributed by atoms with van der Waals surface area (Å²) in [7, 11) is 0. The zero-order valence-corrected chi connectivity index (χ0v) is 18.0. The Kier molecular flexibility index (Phi) is 6.62. The zero-order chi connectivity index (χ0) is 21.8. The van der Waals surface area contributed by atoms with Gasteiger partial charge in [0.25, 0.3) is 0 Å². The maximum absolute atomic E-state index is 13.5. The number of thioether (sulfide) groups is 1. The predicted molar refractivity (Wildman–Crippen MR) is 119 cm³/mol. The second kappa shape index (κ2) is 9.57. The molecule has 1 aliphatic rings. The van der Waals surface area contributed by atoms with Crippen molar-refractivity contribution in [1.29, 1.82) is 0 Å². The van der Waals surface area contributed by atoms with E-state index in [2.05, 4.69) is 10.3 Å². The fourth-order valence-electron chi connectivity index (χ4n) is 3.27. The number of carbonyl (C=O) groups is 2. The first-order valence-corrected chi connectivity index (χ1v) is 11.6. The van der Waals surface area contributed by atoms with Crippen LogP contribution >= 0.6 is 23.1 Å². The quantitative estimate of drug-likeness (QED) is 0.549. The lowest BCUT2D eigenvalue weighted by Gasteiger charge is -2.16. The first kappa shape index (κ1) is 21.5. The Morgan fingerprint density at radius 2 is 1.97 bits per heavy atom. The van der Waals surface area contributed by atoms with Gasteiger partial charge in [-0.3, -0.25) is 9.59 Å². The maximum atomic E-state index is 13.5. The summed E-state index contributed by atoms with van der Waals surface area (Å²) in [4.78, 5) is 30.8. The van der Waals surface area contributed by atoms with Gasteiger partial charge in [-0.25, -0.2) is 13.8 Å². The third-order valence-electron chi connectivity index (χ3n) is 4.83. The van der Waals surface area contributed by atoms with Crippen LogP contribution in [0.3, 0.4) is 0 Å². The van der Waals surface area contributed by atoms with E-state index in [0.717, 1.165) is 17.0 Å². The average molecular weight is 460 g/mol. The van der Waals surface area contributed by atoms with Crippen molar-refractivity contribution in [2.75, 3.05) is 16.8 Å². The van der Waals surface area contributed by atoms with Gasteiger partial charge in [0.2, 0.25) is 11.8 Å². The number of benzene rings is 2. The number of amides is 2. The van der Waals surface area contributed by atoms with Crippen molar-refractivity contribution in [3.63, 3.8) is 0 Å². The van der Waals surface area contributed by atoms with Crippen molar-refractivity contribution in [2.24, 2.45) is 5.92 Å². The van der Waals surface area contributed by atoms with E-state index < -0.39 is 11.7 Å². The van der Waals surface area contributed by atoms with Crippen LogP contribution in [-0.2, 0) is 21.1 Å². The molecule has 1 atom stereocenters. The van der Waals surface area contributed by atoms with Gasteiger partial charge < -0.3 is 10.2 Å². The highest BCUT2D eigenvalue weighted by Crippen LogP contribution is 2.27. The topological polar surface area (TPSA) is 62.3 Å². The molecule has 1 aromatic heterocycles. The minimum absolute atomic E-state index is 0.0775. The number of carbonyl (C=O) groups excluding carboxylic acids is 2. The van der Waals surface area contributed by atoms with Crippen molar-refractivity contribution in [1.82, 2.24) is 4.98 Å². The highest BCUT2D eigenvalue weighted by atomic mass is 32.2. The first-order chi connectivity index (χ1) is 15.0. The number of rotatable bonds is 7. The standard InChI is InChI=1S/C22H19F2N3O2S2/c23-16-6-4-14(5-7-16)11-30-12-18-13-31-22(25-18)26-21(29)15-8-20(28)27(10-15)19-3-1-2-17(24)9-19/h1-7,9,13,15H,8,10-12H2,(H,25,26,29). The van der Waals surface area contributed by atoms with Crippen molar-refractivity contribution in [3.8, 4) is 0 Å². The summed E-state index contributed by atoms with van der Waals surface area (Å²) in [5, 5.41) is 5.15. The normalized spacial score (nSPS) is 16.0. The summed E-state index contributed by atoms with van der Waals surface area (Å²) in [6.45, 7) is 0.208. The Hall–Kier alpha value is -2.78. The van der Waals surface area contributed by atoms with E-state index in [4.69, 9.17) is 0 Å². The molecule has 2 amide bonds. The molecule has 0 aliphatic carbocycles. The predicted octanol–water partition coefficient (Wildman–Crippen LogP) is 4.85. The van der Waals surface area contributed by atoms with Gasteiger partial charge in [-0.2, -0.15) is 11.8 Å². The number of nitrogens with one attached hydrogen (secondary N) is 1. The molecule has 1 saturated heterocycles. The number of anilines is 2. The Morgan fingerprint density at radius 1 is 1.16 bits per heavy atom. The SMILES string of the molecule is O=C(Nc1nc(CSCc2ccc(F)cc2)cs1)C1CC(=O)N(c2cccc(F)c2)C1. The Balaban J connectivity index is 1.28. The van der Waals surface area contributed by atoms with Gasteiger partial charge in [-0.1, -0.05) is 18.2 Å². The third kappa shape index (κ3) is 5.48. The Bertz CT molecular complexity index is 1090. The van der Waals surface area contributed by atoms with Gasteiger partial charge >= 0.3 is 0 Å². The molecule has 9 heteroatoms. The van der Waals surface area contributed by atoms with Crippen LogP contribution in [0.25, 0.3) is 0 Å².